The van der Waals surface area contributed by atoms with Gasteiger partial charge in [0, 0.05) is 11.6 Å². The molecular weight excluding hydrogens is 266 g/mol. The van der Waals surface area contributed by atoms with E-state index in [0.717, 1.165) is 12.1 Å². The number of hydrogen-bond acceptors (Lipinski definition) is 3. The zero-order valence-corrected chi connectivity index (χ0v) is 10.9. The molecule has 0 saturated heterocycles. The van der Waals surface area contributed by atoms with Gasteiger partial charge in [-0.3, -0.25) is 0 Å². The largest absolute Gasteiger partial charge is 0.497 e. The fourth-order valence-electron chi connectivity index (χ4n) is 1.72. The molecule has 0 saturated carbocycles. The molecule has 0 spiro atoms. The second kappa shape index (κ2) is 6.34. The molecule has 3 nitrogen and oxygen atoms in total. The zero-order chi connectivity index (χ0) is 14.5. The minimum atomic E-state index is -0.917. The molecule has 0 amide bonds. The zero-order valence-electron chi connectivity index (χ0n) is 10.9. The summed E-state index contributed by atoms with van der Waals surface area (Å²) in [4.78, 5) is 0. The van der Waals surface area contributed by atoms with E-state index >= 15 is 0 Å². The summed E-state index contributed by atoms with van der Waals surface area (Å²) in [6, 6.07) is 8.58. The van der Waals surface area contributed by atoms with E-state index in [4.69, 9.17) is 9.47 Å². The Balaban J connectivity index is 2.15. The molecule has 0 aliphatic carbocycles. The molecule has 106 valence electrons. The number of methoxy groups -OCH3 is 1. The van der Waals surface area contributed by atoms with E-state index in [0.29, 0.717) is 22.6 Å². The highest BCUT2D eigenvalue weighted by Gasteiger charge is 2.07. The molecule has 0 heterocycles. The first-order valence-corrected chi connectivity index (χ1v) is 5.98. The molecule has 2 aromatic rings. The maximum atomic E-state index is 13.1. The Morgan fingerprint density at radius 2 is 1.85 bits per heavy atom. The maximum Gasteiger partial charge on any atom is 0.159 e. The van der Waals surface area contributed by atoms with Crippen LogP contribution in [0.1, 0.15) is 11.1 Å². The summed E-state index contributed by atoms with van der Waals surface area (Å²) < 4.78 is 36.5. The van der Waals surface area contributed by atoms with Gasteiger partial charge in [0.05, 0.1) is 13.7 Å². The molecule has 5 heteroatoms. The monoisotopic (exact) mass is 280 g/mol. The molecule has 0 fully saturated rings. The summed E-state index contributed by atoms with van der Waals surface area (Å²) >= 11 is 0. The van der Waals surface area contributed by atoms with Crippen molar-refractivity contribution in [3.63, 3.8) is 0 Å². The van der Waals surface area contributed by atoms with Crippen LogP contribution in [0.25, 0.3) is 0 Å². The van der Waals surface area contributed by atoms with Crippen LogP contribution in [0.2, 0.25) is 0 Å². The van der Waals surface area contributed by atoms with Crippen LogP contribution in [0.3, 0.4) is 0 Å². The van der Waals surface area contributed by atoms with E-state index in [2.05, 4.69) is 0 Å². The standard InChI is InChI=1S/C15H14F2O3/c1-19-12-4-3-11(8-18)15(7-12)20-9-10-2-5-13(16)14(17)6-10/h2-7,18H,8-9H2,1H3. The first-order chi connectivity index (χ1) is 9.63. The average Bonchev–Trinajstić information content (AvgIpc) is 2.48. The molecule has 0 unspecified atom stereocenters. The van der Waals surface area contributed by atoms with Crippen LogP contribution in [0.15, 0.2) is 36.4 Å². The van der Waals surface area contributed by atoms with Gasteiger partial charge in [0.1, 0.15) is 18.1 Å². The molecule has 0 atom stereocenters. The van der Waals surface area contributed by atoms with Crippen molar-refractivity contribution in [2.24, 2.45) is 0 Å². The van der Waals surface area contributed by atoms with Gasteiger partial charge >= 0.3 is 0 Å². The average molecular weight is 280 g/mol. The van der Waals surface area contributed by atoms with Crippen LogP contribution in [0.4, 0.5) is 8.78 Å². The minimum absolute atomic E-state index is 0.0668. The molecular formula is C15H14F2O3. The summed E-state index contributed by atoms with van der Waals surface area (Å²) in [5, 5.41) is 9.23. The van der Waals surface area contributed by atoms with E-state index in [1.807, 2.05) is 0 Å². The first-order valence-electron chi connectivity index (χ1n) is 5.98. The van der Waals surface area contributed by atoms with Gasteiger partial charge in [0.25, 0.3) is 0 Å². The van der Waals surface area contributed by atoms with E-state index in [1.165, 1.54) is 13.2 Å². The van der Waals surface area contributed by atoms with Crippen molar-refractivity contribution in [3.8, 4) is 11.5 Å². The van der Waals surface area contributed by atoms with E-state index < -0.39 is 11.6 Å². The number of hydrogen-bond donors (Lipinski definition) is 1. The summed E-state index contributed by atoms with van der Waals surface area (Å²) in [6.45, 7) is -0.117. The lowest BCUT2D eigenvalue weighted by Gasteiger charge is -2.12. The lowest BCUT2D eigenvalue weighted by molar-refractivity contribution is 0.257. The molecule has 0 aliphatic heterocycles. The van der Waals surface area contributed by atoms with Crippen LogP contribution in [0, 0.1) is 11.6 Å². The molecule has 0 bridgehead atoms. The number of ether oxygens (including phenoxy) is 2. The fraction of sp³-hybridized carbons (Fsp3) is 0.200. The number of rotatable bonds is 5. The molecule has 2 aromatic carbocycles. The van der Waals surface area contributed by atoms with Crippen molar-refractivity contribution >= 4 is 0 Å². The number of benzene rings is 2. The SMILES string of the molecule is COc1ccc(CO)c(OCc2ccc(F)c(F)c2)c1. The predicted molar refractivity (Wildman–Crippen MR) is 69.6 cm³/mol. The molecule has 2 rings (SSSR count). The second-order valence-corrected chi connectivity index (χ2v) is 4.17. The van der Waals surface area contributed by atoms with Gasteiger partial charge in [-0.2, -0.15) is 0 Å². The first kappa shape index (κ1) is 14.3. The highest BCUT2D eigenvalue weighted by atomic mass is 19.2. The summed E-state index contributed by atoms with van der Waals surface area (Å²) in [5.74, 6) is -0.788. The van der Waals surface area contributed by atoms with Crippen molar-refractivity contribution in [2.75, 3.05) is 7.11 Å². The van der Waals surface area contributed by atoms with E-state index in [-0.39, 0.29) is 13.2 Å². The van der Waals surface area contributed by atoms with Gasteiger partial charge in [-0.1, -0.05) is 6.07 Å². The Morgan fingerprint density at radius 3 is 2.50 bits per heavy atom. The van der Waals surface area contributed by atoms with Crippen LogP contribution in [-0.2, 0) is 13.2 Å². The van der Waals surface area contributed by atoms with Gasteiger partial charge in [0.15, 0.2) is 11.6 Å². The van der Waals surface area contributed by atoms with Gasteiger partial charge < -0.3 is 14.6 Å². The Bertz CT molecular complexity index is 600. The summed E-state index contributed by atoms with van der Waals surface area (Å²) in [6.07, 6.45) is 0. The van der Waals surface area contributed by atoms with Crippen molar-refractivity contribution in [1.82, 2.24) is 0 Å². The topological polar surface area (TPSA) is 38.7 Å². The highest BCUT2D eigenvalue weighted by Crippen LogP contribution is 2.25. The van der Waals surface area contributed by atoms with Crippen LogP contribution < -0.4 is 9.47 Å². The van der Waals surface area contributed by atoms with Crippen LogP contribution in [0.5, 0.6) is 11.5 Å². The molecule has 0 aliphatic rings. The molecule has 0 aromatic heterocycles. The third kappa shape index (κ3) is 3.24. The third-order valence-corrected chi connectivity index (χ3v) is 2.82. The van der Waals surface area contributed by atoms with Gasteiger partial charge in [-0.15, -0.1) is 0 Å². The quantitative estimate of drug-likeness (QED) is 0.915. The van der Waals surface area contributed by atoms with Crippen LogP contribution in [-0.4, -0.2) is 12.2 Å². The Kier molecular flexibility index (Phi) is 4.53. The van der Waals surface area contributed by atoms with Gasteiger partial charge in [0.2, 0.25) is 0 Å². The lowest BCUT2D eigenvalue weighted by atomic mass is 10.2. The molecule has 20 heavy (non-hydrogen) atoms. The predicted octanol–water partition coefficient (Wildman–Crippen LogP) is 3.04. The third-order valence-electron chi connectivity index (χ3n) is 2.82. The maximum absolute atomic E-state index is 13.1. The summed E-state index contributed by atoms with van der Waals surface area (Å²) in [5.41, 5.74) is 1.09. The number of aliphatic hydroxyl groups is 1. The summed E-state index contributed by atoms with van der Waals surface area (Å²) in [7, 11) is 1.52. The number of aliphatic hydroxyl groups excluding tert-OH is 1. The molecule has 0 radical (unpaired) electrons. The van der Waals surface area contributed by atoms with E-state index in [9.17, 15) is 13.9 Å². The second-order valence-electron chi connectivity index (χ2n) is 4.17. The molecule has 1 N–H and O–H groups in total. The van der Waals surface area contributed by atoms with Gasteiger partial charge in [-0.05, 0) is 29.8 Å². The lowest BCUT2D eigenvalue weighted by Crippen LogP contribution is -2.00. The Hall–Kier alpha value is -2.14. The smallest absolute Gasteiger partial charge is 0.159 e. The highest BCUT2D eigenvalue weighted by molar-refractivity contribution is 5.40. The number of halogens is 2. The Morgan fingerprint density at radius 1 is 1.05 bits per heavy atom. The fourth-order valence-corrected chi connectivity index (χ4v) is 1.72. The van der Waals surface area contributed by atoms with Crippen molar-refractivity contribution < 1.29 is 23.4 Å². The van der Waals surface area contributed by atoms with Crippen LogP contribution >= 0.6 is 0 Å². The van der Waals surface area contributed by atoms with Crippen molar-refractivity contribution in [1.29, 1.82) is 0 Å². The Labute approximate surface area is 115 Å². The normalized spacial score (nSPS) is 10.4. The van der Waals surface area contributed by atoms with Gasteiger partial charge in [-0.25, -0.2) is 8.78 Å². The van der Waals surface area contributed by atoms with E-state index in [1.54, 1.807) is 18.2 Å². The van der Waals surface area contributed by atoms with Crippen molar-refractivity contribution in [3.05, 3.63) is 59.2 Å². The van der Waals surface area contributed by atoms with Crippen molar-refractivity contribution in [2.45, 2.75) is 13.2 Å². The minimum Gasteiger partial charge on any atom is -0.497 e.